The van der Waals surface area contributed by atoms with Gasteiger partial charge in [0, 0.05) is 4.47 Å². The zero-order valence-corrected chi connectivity index (χ0v) is 10.5. The van der Waals surface area contributed by atoms with Crippen molar-refractivity contribution < 1.29 is 5.11 Å². The van der Waals surface area contributed by atoms with E-state index in [4.69, 9.17) is 0 Å². The molecule has 0 atom stereocenters. The van der Waals surface area contributed by atoms with Gasteiger partial charge in [-0.15, -0.1) is 0 Å². The van der Waals surface area contributed by atoms with E-state index in [-0.39, 0.29) is 0 Å². The Hall–Kier alpha value is -0.380. The van der Waals surface area contributed by atoms with Crippen molar-refractivity contribution in [3.8, 4) is 0 Å². The maximum absolute atomic E-state index is 10.5. The van der Waals surface area contributed by atoms with E-state index in [0.717, 1.165) is 36.0 Å². The minimum Gasteiger partial charge on any atom is -0.385 e. The third kappa shape index (κ3) is 2.25. The third-order valence-corrected chi connectivity index (χ3v) is 4.02. The fourth-order valence-corrected chi connectivity index (χ4v) is 2.31. The number of hydrogen-bond acceptors (Lipinski definition) is 2. The molecule has 82 valence electrons. The average Bonchev–Trinajstić information content (AvgIpc) is 2.23. The number of rotatable bonds is 1. The molecule has 0 amide bonds. The smallest absolute Gasteiger partial charge is 0.0920 e. The molecule has 0 bridgehead atoms. The highest BCUT2D eigenvalue weighted by Crippen LogP contribution is 2.32. The number of piperidine rings is 1. The molecule has 1 aromatic carbocycles. The molecule has 1 aliphatic heterocycles. The number of nitrogens with one attached hydrogen (secondary N) is 1. The predicted octanol–water partition coefficient (Wildman–Crippen LogP) is 2.33. The van der Waals surface area contributed by atoms with Crippen molar-refractivity contribution in [1.82, 2.24) is 5.32 Å². The highest BCUT2D eigenvalue weighted by Gasteiger charge is 2.31. The second kappa shape index (κ2) is 4.24. The summed E-state index contributed by atoms with van der Waals surface area (Å²) in [6.07, 6.45) is 1.60. The van der Waals surface area contributed by atoms with Gasteiger partial charge in [0.2, 0.25) is 0 Å². The van der Waals surface area contributed by atoms with E-state index in [2.05, 4.69) is 34.2 Å². The summed E-state index contributed by atoms with van der Waals surface area (Å²) in [5.41, 5.74) is 1.60. The molecule has 0 radical (unpaired) electrons. The van der Waals surface area contributed by atoms with E-state index in [1.54, 1.807) is 0 Å². The van der Waals surface area contributed by atoms with E-state index in [1.165, 1.54) is 5.56 Å². The quantitative estimate of drug-likeness (QED) is 0.821. The molecule has 0 aromatic heterocycles. The first-order chi connectivity index (χ1) is 7.12. The summed E-state index contributed by atoms with van der Waals surface area (Å²) in [5, 5.41) is 13.8. The molecule has 2 N–H and O–H groups in total. The minimum atomic E-state index is -0.628. The van der Waals surface area contributed by atoms with E-state index >= 15 is 0 Å². The Balaban J connectivity index is 2.31. The number of benzene rings is 1. The molecule has 3 heteroatoms. The molecule has 1 fully saturated rings. The fourth-order valence-electron chi connectivity index (χ4n) is 2.06. The maximum atomic E-state index is 10.5. The summed E-state index contributed by atoms with van der Waals surface area (Å²) in [5.74, 6) is 0. The molecule has 0 spiro atoms. The first-order valence-corrected chi connectivity index (χ1v) is 6.11. The highest BCUT2D eigenvalue weighted by molar-refractivity contribution is 9.10. The topological polar surface area (TPSA) is 32.3 Å². The van der Waals surface area contributed by atoms with Gasteiger partial charge in [-0.2, -0.15) is 0 Å². The molecule has 0 aliphatic carbocycles. The Morgan fingerprint density at radius 2 is 2.00 bits per heavy atom. The normalized spacial score (nSPS) is 20.2. The zero-order valence-electron chi connectivity index (χ0n) is 8.89. The van der Waals surface area contributed by atoms with Crippen LogP contribution in [-0.4, -0.2) is 18.2 Å². The Labute approximate surface area is 98.8 Å². The van der Waals surface area contributed by atoms with Gasteiger partial charge in [-0.05, 0) is 50.0 Å². The first kappa shape index (κ1) is 11.1. The summed E-state index contributed by atoms with van der Waals surface area (Å²) in [6.45, 7) is 3.84. The van der Waals surface area contributed by atoms with Crippen LogP contribution in [0.1, 0.15) is 24.0 Å². The van der Waals surface area contributed by atoms with Gasteiger partial charge in [0.25, 0.3) is 0 Å². The standard InChI is InChI=1S/C12H16BrNO/c1-9-8-10(2-3-11(9)13)12(15)4-6-14-7-5-12/h2-3,8,14-15H,4-7H2,1H3. The predicted molar refractivity (Wildman–Crippen MR) is 64.9 cm³/mol. The Morgan fingerprint density at radius 3 is 2.60 bits per heavy atom. The number of halogens is 1. The molecule has 15 heavy (non-hydrogen) atoms. The molecule has 0 saturated carbocycles. The summed E-state index contributed by atoms with van der Waals surface area (Å²) in [7, 11) is 0. The SMILES string of the molecule is Cc1cc(C2(O)CCNCC2)ccc1Br. The number of hydrogen-bond donors (Lipinski definition) is 2. The second-order valence-electron chi connectivity index (χ2n) is 4.25. The van der Waals surface area contributed by atoms with Crippen molar-refractivity contribution in [1.29, 1.82) is 0 Å². The second-order valence-corrected chi connectivity index (χ2v) is 5.10. The van der Waals surface area contributed by atoms with Crippen molar-refractivity contribution in [2.75, 3.05) is 13.1 Å². The van der Waals surface area contributed by atoms with Gasteiger partial charge in [-0.25, -0.2) is 0 Å². The van der Waals surface area contributed by atoms with Crippen molar-refractivity contribution in [3.63, 3.8) is 0 Å². The van der Waals surface area contributed by atoms with Crippen LogP contribution in [0.5, 0.6) is 0 Å². The summed E-state index contributed by atoms with van der Waals surface area (Å²) in [4.78, 5) is 0. The van der Waals surface area contributed by atoms with Crippen LogP contribution in [-0.2, 0) is 5.60 Å². The average molecular weight is 270 g/mol. The molecule has 1 aliphatic rings. The van der Waals surface area contributed by atoms with E-state index < -0.39 is 5.60 Å². The Morgan fingerprint density at radius 1 is 1.33 bits per heavy atom. The van der Waals surface area contributed by atoms with Gasteiger partial charge >= 0.3 is 0 Å². The molecule has 0 unspecified atom stereocenters. The van der Waals surface area contributed by atoms with E-state index in [0.29, 0.717) is 0 Å². The monoisotopic (exact) mass is 269 g/mol. The van der Waals surface area contributed by atoms with Gasteiger partial charge in [0.15, 0.2) is 0 Å². The Bertz CT molecular complexity index is 359. The van der Waals surface area contributed by atoms with Crippen molar-refractivity contribution in [2.24, 2.45) is 0 Å². The van der Waals surface area contributed by atoms with Crippen molar-refractivity contribution >= 4 is 15.9 Å². The van der Waals surface area contributed by atoms with Crippen molar-refractivity contribution in [3.05, 3.63) is 33.8 Å². The lowest BCUT2D eigenvalue weighted by molar-refractivity contribution is 0.00588. The zero-order chi connectivity index (χ0) is 10.9. The largest absolute Gasteiger partial charge is 0.385 e. The summed E-state index contributed by atoms with van der Waals surface area (Å²) in [6, 6.07) is 6.11. The summed E-state index contributed by atoms with van der Waals surface area (Å²) >= 11 is 3.48. The lowest BCUT2D eigenvalue weighted by atomic mass is 9.84. The Kier molecular flexibility index (Phi) is 3.14. The molecular weight excluding hydrogens is 254 g/mol. The molecule has 1 heterocycles. The van der Waals surface area contributed by atoms with Gasteiger partial charge in [0.1, 0.15) is 0 Å². The lowest BCUT2D eigenvalue weighted by Gasteiger charge is -2.33. The molecule has 2 rings (SSSR count). The molecule has 1 saturated heterocycles. The van der Waals surface area contributed by atoms with Crippen LogP contribution >= 0.6 is 15.9 Å². The molecular formula is C12H16BrNO. The minimum absolute atomic E-state index is 0.628. The number of aliphatic hydroxyl groups is 1. The summed E-state index contributed by atoms with van der Waals surface area (Å²) < 4.78 is 1.10. The van der Waals surface area contributed by atoms with Crippen LogP contribution in [0.3, 0.4) is 0 Å². The fraction of sp³-hybridized carbons (Fsp3) is 0.500. The van der Waals surface area contributed by atoms with Crippen LogP contribution < -0.4 is 5.32 Å². The van der Waals surface area contributed by atoms with Gasteiger partial charge in [-0.1, -0.05) is 28.1 Å². The third-order valence-electron chi connectivity index (χ3n) is 3.13. The molecule has 1 aromatic rings. The van der Waals surface area contributed by atoms with Crippen molar-refractivity contribution in [2.45, 2.75) is 25.4 Å². The number of aryl methyl sites for hydroxylation is 1. The lowest BCUT2D eigenvalue weighted by Crippen LogP contribution is -2.39. The highest BCUT2D eigenvalue weighted by atomic mass is 79.9. The van der Waals surface area contributed by atoms with Crippen LogP contribution in [0.15, 0.2) is 22.7 Å². The van der Waals surface area contributed by atoms with Gasteiger partial charge < -0.3 is 10.4 Å². The van der Waals surface area contributed by atoms with Gasteiger partial charge in [-0.3, -0.25) is 0 Å². The van der Waals surface area contributed by atoms with E-state index in [9.17, 15) is 5.11 Å². The molecule has 2 nitrogen and oxygen atoms in total. The van der Waals surface area contributed by atoms with Crippen LogP contribution in [0.4, 0.5) is 0 Å². The van der Waals surface area contributed by atoms with Crippen LogP contribution in [0.25, 0.3) is 0 Å². The van der Waals surface area contributed by atoms with Crippen LogP contribution in [0, 0.1) is 6.92 Å². The van der Waals surface area contributed by atoms with E-state index in [1.807, 2.05) is 12.1 Å². The van der Waals surface area contributed by atoms with Crippen LogP contribution in [0.2, 0.25) is 0 Å². The maximum Gasteiger partial charge on any atom is 0.0920 e. The first-order valence-electron chi connectivity index (χ1n) is 5.31. The van der Waals surface area contributed by atoms with Gasteiger partial charge in [0.05, 0.1) is 5.60 Å².